The highest BCUT2D eigenvalue weighted by Crippen LogP contribution is 2.27. The van der Waals surface area contributed by atoms with Crippen molar-refractivity contribution in [2.45, 2.75) is 6.92 Å². The quantitative estimate of drug-likeness (QED) is 0.797. The number of carbonyl (C=O) groups is 1. The summed E-state index contributed by atoms with van der Waals surface area (Å²) in [6.45, 7) is 2.30. The third-order valence-electron chi connectivity index (χ3n) is 1.71. The number of carboxylic acids is 1. The fourth-order valence-corrected chi connectivity index (χ4v) is 1.08. The molecule has 0 spiro atoms. The van der Waals surface area contributed by atoms with Crippen LogP contribution in [0, 0.1) is 0 Å². The number of ether oxygens (including phenoxy) is 2. The van der Waals surface area contributed by atoms with Crippen molar-refractivity contribution in [3.8, 4) is 11.5 Å². The molecule has 1 aromatic rings. The van der Waals surface area contributed by atoms with E-state index in [1.807, 2.05) is 6.92 Å². The molecule has 0 saturated heterocycles. The van der Waals surface area contributed by atoms with E-state index in [4.69, 9.17) is 14.6 Å². The van der Waals surface area contributed by atoms with Gasteiger partial charge in [0.15, 0.2) is 11.5 Å². The van der Waals surface area contributed by atoms with Gasteiger partial charge in [-0.15, -0.1) is 0 Å². The molecule has 14 heavy (non-hydrogen) atoms. The Morgan fingerprint density at radius 1 is 1.43 bits per heavy atom. The molecule has 0 unspecified atom stereocenters. The molecule has 0 amide bonds. The first-order valence-electron chi connectivity index (χ1n) is 4.23. The molecule has 1 N–H and O–H groups in total. The first kappa shape index (κ1) is 10.4. The van der Waals surface area contributed by atoms with Gasteiger partial charge in [-0.2, -0.15) is 0 Å². The highest BCUT2D eigenvalue weighted by molar-refractivity contribution is 5.88. The second kappa shape index (κ2) is 4.50. The molecule has 4 nitrogen and oxygen atoms in total. The van der Waals surface area contributed by atoms with Gasteiger partial charge < -0.3 is 14.6 Å². The smallest absolute Gasteiger partial charge is 0.335 e. The maximum Gasteiger partial charge on any atom is 0.335 e. The molecule has 4 heteroatoms. The van der Waals surface area contributed by atoms with Gasteiger partial charge in [-0.3, -0.25) is 0 Å². The number of aromatic carboxylic acids is 1. The van der Waals surface area contributed by atoms with E-state index in [1.54, 1.807) is 6.07 Å². The average molecular weight is 196 g/mol. The Balaban J connectivity index is 3.07. The molecule has 0 heterocycles. The van der Waals surface area contributed by atoms with E-state index in [0.717, 1.165) is 0 Å². The first-order valence-corrected chi connectivity index (χ1v) is 4.23. The monoisotopic (exact) mass is 196 g/mol. The minimum Gasteiger partial charge on any atom is -0.493 e. The Hall–Kier alpha value is -1.71. The number of carboxylic acid groups (broad SMARTS) is 1. The summed E-state index contributed by atoms with van der Waals surface area (Å²) in [5, 5.41) is 8.74. The summed E-state index contributed by atoms with van der Waals surface area (Å²) in [4.78, 5) is 10.7. The van der Waals surface area contributed by atoms with Crippen LogP contribution in [-0.4, -0.2) is 24.8 Å². The van der Waals surface area contributed by atoms with E-state index in [2.05, 4.69) is 0 Å². The zero-order valence-corrected chi connectivity index (χ0v) is 8.11. The van der Waals surface area contributed by atoms with Gasteiger partial charge in [-0.25, -0.2) is 4.79 Å². The fraction of sp³-hybridized carbons (Fsp3) is 0.300. The molecule has 0 radical (unpaired) electrons. The minimum absolute atomic E-state index is 0.189. The molecule has 1 aromatic carbocycles. The normalized spacial score (nSPS) is 9.57. The molecule has 0 bridgehead atoms. The number of rotatable bonds is 4. The van der Waals surface area contributed by atoms with Crippen LogP contribution < -0.4 is 9.47 Å². The van der Waals surface area contributed by atoms with Crippen LogP contribution in [0.5, 0.6) is 11.5 Å². The van der Waals surface area contributed by atoms with Crippen LogP contribution in [0.4, 0.5) is 0 Å². The molecule has 76 valence electrons. The molecule has 0 aliphatic rings. The second-order valence-electron chi connectivity index (χ2n) is 2.60. The lowest BCUT2D eigenvalue weighted by molar-refractivity contribution is 0.0696. The largest absolute Gasteiger partial charge is 0.493 e. The van der Waals surface area contributed by atoms with Crippen molar-refractivity contribution in [2.24, 2.45) is 0 Å². The highest BCUT2D eigenvalue weighted by atomic mass is 16.5. The number of hydrogen-bond acceptors (Lipinski definition) is 3. The zero-order valence-electron chi connectivity index (χ0n) is 8.11. The zero-order chi connectivity index (χ0) is 10.6. The Bertz CT molecular complexity index is 333. The summed E-state index contributed by atoms with van der Waals surface area (Å²) >= 11 is 0. The van der Waals surface area contributed by atoms with Gasteiger partial charge in [-0.1, -0.05) is 0 Å². The van der Waals surface area contributed by atoms with Gasteiger partial charge in [0.25, 0.3) is 0 Å². The van der Waals surface area contributed by atoms with Crippen molar-refractivity contribution in [3.05, 3.63) is 23.8 Å². The van der Waals surface area contributed by atoms with Crippen molar-refractivity contribution in [1.82, 2.24) is 0 Å². The lowest BCUT2D eigenvalue weighted by Crippen LogP contribution is -2.00. The van der Waals surface area contributed by atoms with Crippen molar-refractivity contribution >= 4 is 5.97 Å². The van der Waals surface area contributed by atoms with Crippen LogP contribution in [0.25, 0.3) is 0 Å². The lowest BCUT2D eigenvalue weighted by Gasteiger charge is -2.09. The third-order valence-corrected chi connectivity index (χ3v) is 1.71. The summed E-state index contributed by atoms with van der Waals surface area (Å²) in [5.41, 5.74) is 0.189. The van der Waals surface area contributed by atoms with Crippen LogP contribution in [0.3, 0.4) is 0 Å². The average Bonchev–Trinajstić information content (AvgIpc) is 2.18. The third kappa shape index (κ3) is 2.16. The lowest BCUT2D eigenvalue weighted by atomic mass is 10.2. The Kier molecular flexibility index (Phi) is 3.34. The maximum atomic E-state index is 10.7. The van der Waals surface area contributed by atoms with Crippen LogP contribution >= 0.6 is 0 Å². The highest BCUT2D eigenvalue weighted by Gasteiger charge is 2.09. The summed E-state index contributed by atoms with van der Waals surface area (Å²) in [5.74, 6) is 0.0142. The van der Waals surface area contributed by atoms with Crippen LogP contribution in [-0.2, 0) is 0 Å². The van der Waals surface area contributed by atoms with E-state index in [9.17, 15) is 4.79 Å². The van der Waals surface area contributed by atoms with Crippen molar-refractivity contribution in [1.29, 1.82) is 0 Å². The van der Waals surface area contributed by atoms with Gasteiger partial charge >= 0.3 is 5.97 Å². The van der Waals surface area contributed by atoms with E-state index >= 15 is 0 Å². The molecule has 0 aromatic heterocycles. The van der Waals surface area contributed by atoms with Gasteiger partial charge in [0, 0.05) is 0 Å². The van der Waals surface area contributed by atoms with Crippen molar-refractivity contribution in [2.75, 3.05) is 13.7 Å². The first-order chi connectivity index (χ1) is 6.69. The maximum absolute atomic E-state index is 10.7. The molecule has 0 fully saturated rings. The van der Waals surface area contributed by atoms with E-state index in [1.165, 1.54) is 19.2 Å². The summed E-state index contributed by atoms with van der Waals surface area (Å²) in [7, 11) is 1.51. The molecular formula is C10H12O4. The fourth-order valence-electron chi connectivity index (χ4n) is 1.08. The van der Waals surface area contributed by atoms with Crippen molar-refractivity contribution < 1.29 is 19.4 Å². The topological polar surface area (TPSA) is 55.8 Å². The molecule has 1 rings (SSSR count). The number of hydrogen-bond donors (Lipinski definition) is 1. The number of methoxy groups -OCH3 is 1. The molecule has 0 atom stereocenters. The van der Waals surface area contributed by atoms with Crippen LogP contribution in [0.15, 0.2) is 18.2 Å². The van der Waals surface area contributed by atoms with Gasteiger partial charge in [0.05, 0.1) is 19.3 Å². The minimum atomic E-state index is -0.978. The predicted octanol–water partition coefficient (Wildman–Crippen LogP) is 1.79. The second-order valence-corrected chi connectivity index (χ2v) is 2.60. The standard InChI is InChI=1S/C10H12O4/c1-3-14-9-6-7(10(11)12)4-5-8(9)13-2/h4-6H,3H2,1-2H3,(H,11,12). The number of benzene rings is 1. The van der Waals surface area contributed by atoms with Crippen LogP contribution in [0.2, 0.25) is 0 Å². The van der Waals surface area contributed by atoms with Crippen LogP contribution in [0.1, 0.15) is 17.3 Å². The van der Waals surface area contributed by atoms with Gasteiger partial charge in [0.2, 0.25) is 0 Å². The summed E-state index contributed by atoms with van der Waals surface area (Å²) in [6.07, 6.45) is 0. The Morgan fingerprint density at radius 2 is 2.14 bits per heavy atom. The van der Waals surface area contributed by atoms with E-state index < -0.39 is 5.97 Å². The predicted molar refractivity (Wildman–Crippen MR) is 51.1 cm³/mol. The van der Waals surface area contributed by atoms with Gasteiger partial charge in [-0.05, 0) is 25.1 Å². The van der Waals surface area contributed by atoms with Crippen molar-refractivity contribution in [3.63, 3.8) is 0 Å². The summed E-state index contributed by atoms with van der Waals surface area (Å²) in [6, 6.07) is 4.50. The Labute approximate surface area is 82.1 Å². The van der Waals surface area contributed by atoms with E-state index in [-0.39, 0.29) is 5.56 Å². The van der Waals surface area contributed by atoms with Gasteiger partial charge in [0.1, 0.15) is 0 Å². The molecule has 0 saturated carbocycles. The summed E-state index contributed by atoms with van der Waals surface area (Å²) < 4.78 is 10.2. The van der Waals surface area contributed by atoms with E-state index in [0.29, 0.717) is 18.1 Å². The SMILES string of the molecule is CCOc1cc(C(=O)O)ccc1OC. The molecule has 0 aliphatic heterocycles. The molecular weight excluding hydrogens is 184 g/mol. The molecule has 0 aliphatic carbocycles. The Morgan fingerprint density at radius 3 is 2.64 bits per heavy atom.